The van der Waals surface area contributed by atoms with Gasteiger partial charge in [-0.1, -0.05) is 18.2 Å². The molecule has 0 atom stereocenters. The van der Waals surface area contributed by atoms with Crippen molar-refractivity contribution in [3.8, 4) is 0 Å². The molecule has 0 unspecified atom stereocenters. The minimum atomic E-state index is 0.305. The van der Waals surface area contributed by atoms with Gasteiger partial charge in [-0.15, -0.1) is 0 Å². The molecule has 0 aromatic heterocycles. The van der Waals surface area contributed by atoms with E-state index in [1.165, 1.54) is 0 Å². The van der Waals surface area contributed by atoms with E-state index < -0.39 is 0 Å². The SMILES string of the molecule is Nc1ccccc1CCOC1COC1. The van der Waals surface area contributed by atoms with Crippen LogP contribution in [-0.4, -0.2) is 25.9 Å². The first-order chi connectivity index (χ1) is 6.86. The Morgan fingerprint density at radius 2 is 2.14 bits per heavy atom. The van der Waals surface area contributed by atoms with Gasteiger partial charge in [-0.05, 0) is 18.1 Å². The number of ether oxygens (including phenoxy) is 2. The molecule has 14 heavy (non-hydrogen) atoms. The number of hydrogen-bond donors (Lipinski definition) is 1. The summed E-state index contributed by atoms with van der Waals surface area (Å²) < 4.78 is 10.6. The first-order valence-corrected chi connectivity index (χ1v) is 4.89. The number of anilines is 1. The molecule has 3 heteroatoms. The summed E-state index contributed by atoms with van der Waals surface area (Å²) in [5.74, 6) is 0. The maximum Gasteiger partial charge on any atom is 0.104 e. The van der Waals surface area contributed by atoms with Crippen LogP contribution in [0.15, 0.2) is 24.3 Å². The number of nitrogens with two attached hydrogens (primary N) is 1. The van der Waals surface area contributed by atoms with Crippen LogP contribution in [0.3, 0.4) is 0 Å². The van der Waals surface area contributed by atoms with Crippen LogP contribution in [0, 0.1) is 0 Å². The normalized spacial score (nSPS) is 16.6. The largest absolute Gasteiger partial charge is 0.399 e. The first-order valence-electron chi connectivity index (χ1n) is 4.89. The molecule has 1 aromatic rings. The molecule has 0 saturated carbocycles. The topological polar surface area (TPSA) is 44.5 Å². The summed E-state index contributed by atoms with van der Waals surface area (Å²) >= 11 is 0. The number of rotatable bonds is 4. The van der Waals surface area contributed by atoms with Crippen LogP contribution >= 0.6 is 0 Å². The molecule has 1 aromatic carbocycles. The van der Waals surface area contributed by atoms with E-state index in [1.807, 2.05) is 24.3 Å². The lowest BCUT2D eigenvalue weighted by Crippen LogP contribution is -2.36. The lowest BCUT2D eigenvalue weighted by molar-refractivity contribution is -0.128. The van der Waals surface area contributed by atoms with Crippen LogP contribution in [0.2, 0.25) is 0 Å². The standard InChI is InChI=1S/C11H15NO2/c12-11-4-2-1-3-9(11)5-6-14-10-7-13-8-10/h1-4,10H,5-8,12H2. The molecule has 1 saturated heterocycles. The number of benzene rings is 1. The lowest BCUT2D eigenvalue weighted by atomic mass is 10.1. The number of hydrogen-bond acceptors (Lipinski definition) is 3. The van der Waals surface area contributed by atoms with E-state index in [2.05, 4.69) is 0 Å². The highest BCUT2D eigenvalue weighted by Gasteiger charge is 2.18. The average Bonchev–Trinajstić information content (AvgIpc) is 2.12. The van der Waals surface area contributed by atoms with Crippen LogP contribution < -0.4 is 5.73 Å². The second-order valence-electron chi connectivity index (χ2n) is 3.48. The molecule has 0 aliphatic carbocycles. The Hall–Kier alpha value is -1.06. The molecule has 1 heterocycles. The summed E-state index contributed by atoms with van der Waals surface area (Å²) in [6, 6.07) is 7.90. The molecule has 1 fully saturated rings. The van der Waals surface area contributed by atoms with E-state index >= 15 is 0 Å². The van der Waals surface area contributed by atoms with Gasteiger partial charge in [0.15, 0.2) is 0 Å². The van der Waals surface area contributed by atoms with E-state index in [1.54, 1.807) is 0 Å². The minimum absolute atomic E-state index is 0.305. The van der Waals surface area contributed by atoms with E-state index in [0.717, 1.165) is 37.5 Å². The summed E-state index contributed by atoms with van der Waals surface area (Å²) in [5.41, 5.74) is 7.81. The summed E-state index contributed by atoms with van der Waals surface area (Å²) in [4.78, 5) is 0. The molecular weight excluding hydrogens is 178 g/mol. The Morgan fingerprint density at radius 1 is 1.36 bits per heavy atom. The zero-order valence-corrected chi connectivity index (χ0v) is 8.11. The Bertz CT molecular complexity index is 297. The van der Waals surface area contributed by atoms with Crippen LogP contribution in [0.5, 0.6) is 0 Å². The van der Waals surface area contributed by atoms with Crippen molar-refractivity contribution in [2.75, 3.05) is 25.6 Å². The van der Waals surface area contributed by atoms with Gasteiger partial charge in [-0.25, -0.2) is 0 Å². The third-order valence-electron chi connectivity index (χ3n) is 2.39. The highest BCUT2D eigenvalue weighted by molar-refractivity contribution is 5.46. The van der Waals surface area contributed by atoms with Crippen molar-refractivity contribution in [3.05, 3.63) is 29.8 Å². The summed E-state index contributed by atoms with van der Waals surface area (Å²) in [6.45, 7) is 2.21. The maximum atomic E-state index is 5.80. The molecule has 2 N–H and O–H groups in total. The summed E-state index contributed by atoms with van der Waals surface area (Å²) in [7, 11) is 0. The smallest absolute Gasteiger partial charge is 0.104 e. The Kier molecular flexibility index (Phi) is 3.01. The Morgan fingerprint density at radius 3 is 2.79 bits per heavy atom. The molecule has 0 spiro atoms. The second kappa shape index (κ2) is 4.44. The fourth-order valence-corrected chi connectivity index (χ4v) is 1.41. The molecule has 3 nitrogen and oxygen atoms in total. The van der Waals surface area contributed by atoms with Crippen LogP contribution in [0.4, 0.5) is 5.69 Å². The van der Waals surface area contributed by atoms with Gasteiger partial charge in [-0.3, -0.25) is 0 Å². The van der Waals surface area contributed by atoms with Gasteiger partial charge in [0.25, 0.3) is 0 Å². The first kappa shape index (κ1) is 9.49. The van der Waals surface area contributed by atoms with Crippen molar-refractivity contribution >= 4 is 5.69 Å². The van der Waals surface area contributed by atoms with Gasteiger partial charge in [0.2, 0.25) is 0 Å². The fourth-order valence-electron chi connectivity index (χ4n) is 1.41. The monoisotopic (exact) mass is 193 g/mol. The third kappa shape index (κ3) is 2.25. The third-order valence-corrected chi connectivity index (χ3v) is 2.39. The molecule has 0 amide bonds. The van der Waals surface area contributed by atoms with Gasteiger partial charge in [0.1, 0.15) is 6.10 Å². The quantitative estimate of drug-likeness (QED) is 0.731. The van der Waals surface area contributed by atoms with Crippen molar-refractivity contribution in [1.29, 1.82) is 0 Å². The Balaban J connectivity index is 1.76. The van der Waals surface area contributed by atoms with Crippen LogP contribution in [-0.2, 0) is 15.9 Å². The van der Waals surface area contributed by atoms with Crippen molar-refractivity contribution in [1.82, 2.24) is 0 Å². The van der Waals surface area contributed by atoms with E-state index in [0.29, 0.717) is 6.10 Å². The highest BCUT2D eigenvalue weighted by Crippen LogP contribution is 2.12. The maximum absolute atomic E-state index is 5.80. The van der Waals surface area contributed by atoms with Crippen molar-refractivity contribution in [2.45, 2.75) is 12.5 Å². The Labute approximate surface area is 83.8 Å². The van der Waals surface area contributed by atoms with E-state index in [-0.39, 0.29) is 0 Å². The van der Waals surface area contributed by atoms with E-state index in [9.17, 15) is 0 Å². The predicted molar refractivity (Wildman–Crippen MR) is 55.1 cm³/mol. The van der Waals surface area contributed by atoms with Crippen molar-refractivity contribution in [2.24, 2.45) is 0 Å². The van der Waals surface area contributed by atoms with Gasteiger partial charge in [0, 0.05) is 5.69 Å². The predicted octanol–water partition coefficient (Wildman–Crippen LogP) is 1.23. The minimum Gasteiger partial charge on any atom is -0.399 e. The fraction of sp³-hybridized carbons (Fsp3) is 0.455. The molecule has 2 rings (SSSR count). The van der Waals surface area contributed by atoms with Gasteiger partial charge in [-0.2, -0.15) is 0 Å². The molecule has 76 valence electrons. The number of para-hydroxylation sites is 1. The van der Waals surface area contributed by atoms with Crippen LogP contribution in [0.1, 0.15) is 5.56 Å². The molecule has 1 aliphatic heterocycles. The molecular formula is C11H15NO2. The van der Waals surface area contributed by atoms with Gasteiger partial charge >= 0.3 is 0 Å². The summed E-state index contributed by atoms with van der Waals surface area (Å²) in [6.07, 6.45) is 1.18. The van der Waals surface area contributed by atoms with E-state index in [4.69, 9.17) is 15.2 Å². The zero-order valence-electron chi connectivity index (χ0n) is 8.11. The number of nitrogen functional groups attached to an aromatic ring is 1. The molecule has 1 aliphatic rings. The highest BCUT2D eigenvalue weighted by atomic mass is 16.6. The summed E-state index contributed by atoms with van der Waals surface area (Å²) in [5, 5.41) is 0. The van der Waals surface area contributed by atoms with Crippen molar-refractivity contribution < 1.29 is 9.47 Å². The van der Waals surface area contributed by atoms with Crippen LogP contribution in [0.25, 0.3) is 0 Å². The zero-order chi connectivity index (χ0) is 9.80. The van der Waals surface area contributed by atoms with Crippen molar-refractivity contribution in [3.63, 3.8) is 0 Å². The van der Waals surface area contributed by atoms with Gasteiger partial charge in [0.05, 0.1) is 19.8 Å². The van der Waals surface area contributed by atoms with Gasteiger partial charge < -0.3 is 15.2 Å². The average molecular weight is 193 g/mol. The molecule has 0 bridgehead atoms. The second-order valence-corrected chi connectivity index (χ2v) is 3.48. The lowest BCUT2D eigenvalue weighted by Gasteiger charge is -2.26. The molecule has 0 radical (unpaired) electrons.